The molecule has 0 spiro atoms. The van der Waals surface area contributed by atoms with Crippen LogP contribution in [0.1, 0.15) is 5.56 Å². The van der Waals surface area contributed by atoms with Crippen molar-refractivity contribution < 1.29 is 17.2 Å². The fourth-order valence-electron chi connectivity index (χ4n) is 0.910. The molecule has 1 aromatic rings. The van der Waals surface area contributed by atoms with Crippen molar-refractivity contribution in [3.63, 3.8) is 0 Å². The molecule has 0 aliphatic rings. The van der Waals surface area contributed by atoms with Gasteiger partial charge in [-0.05, 0) is 0 Å². The molecule has 4 nitrogen and oxygen atoms in total. The highest BCUT2D eigenvalue weighted by molar-refractivity contribution is 7.80. The van der Waals surface area contributed by atoms with Gasteiger partial charge in [0.15, 0.2) is 0 Å². The van der Waals surface area contributed by atoms with Gasteiger partial charge < -0.3 is 0 Å². The lowest BCUT2D eigenvalue weighted by atomic mass is 10.2. The molecule has 96 valence electrons. The molecule has 0 heterocycles. The van der Waals surface area contributed by atoms with E-state index in [2.05, 4.69) is 4.18 Å². The first-order valence-electron chi connectivity index (χ1n) is 3.77. The number of rotatable bonds is 3. The summed E-state index contributed by atoms with van der Waals surface area (Å²) in [5, 5.41) is -0.434. The Labute approximate surface area is 122 Å². The quantitative estimate of drug-likeness (QED) is 0.497. The summed E-state index contributed by atoms with van der Waals surface area (Å²) in [6.45, 7) is -0.618. The third-order valence-corrected chi connectivity index (χ3v) is 4.42. The first-order valence-corrected chi connectivity index (χ1v) is 7.02. The van der Waals surface area contributed by atoms with E-state index in [4.69, 9.17) is 62.6 Å². The van der Waals surface area contributed by atoms with Gasteiger partial charge in [-0.2, -0.15) is 8.42 Å². The van der Waals surface area contributed by atoms with E-state index in [1.54, 1.807) is 0 Å². The summed E-state index contributed by atoms with van der Waals surface area (Å²) in [6, 6.07) is 0. The first kappa shape index (κ1) is 15.6. The minimum atomic E-state index is -4.63. The molecule has 0 saturated heterocycles. The molecule has 0 radical (unpaired) electrons. The second-order valence-corrected chi connectivity index (χ2v) is 5.72. The van der Waals surface area contributed by atoms with E-state index >= 15 is 0 Å². The largest absolute Gasteiger partial charge is 0.397 e. The summed E-state index contributed by atoms with van der Waals surface area (Å²) >= 11 is 28.8. The lowest BCUT2D eigenvalue weighted by molar-refractivity contribution is 0.259. The zero-order chi connectivity index (χ0) is 13.4. The van der Waals surface area contributed by atoms with Crippen molar-refractivity contribution in [2.24, 2.45) is 0 Å². The van der Waals surface area contributed by atoms with E-state index in [0.717, 1.165) is 0 Å². The van der Waals surface area contributed by atoms with Crippen molar-refractivity contribution in [3.05, 3.63) is 30.7 Å². The Bertz CT molecular complexity index is 527. The van der Waals surface area contributed by atoms with Gasteiger partial charge in [0, 0.05) is 5.56 Å². The van der Waals surface area contributed by atoms with Gasteiger partial charge in [0.1, 0.15) is 0 Å². The van der Waals surface area contributed by atoms with Crippen LogP contribution in [0.15, 0.2) is 0 Å². The molecule has 17 heavy (non-hydrogen) atoms. The van der Waals surface area contributed by atoms with Crippen LogP contribution in [0.25, 0.3) is 0 Å². The molecule has 0 aromatic heterocycles. The zero-order valence-corrected chi connectivity index (χ0v) is 12.3. The minimum absolute atomic E-state index is 0.00496. The Hall–Kier alpha value is 0.540. The van der Waals surface area contributed by atoms with E-state index < -0.39 is 17.0 Å². The van der Waals surface area contributed by atoms with E-state index in [1.807, 2.05) is 0 Å². The summed E-state index contributed by atoms with van der Waals surface area (Å²) in [5.74, 6) is 0. The SMILES string of the molecule is O=S(=O)(O)OCc1c(Cl)c(Cl)c(Cl)c(Cl)c1Cl. The number of hydrogen-bond acceptors (Lipinski definition) is 3. The van der Waals surface area contributed by atoms with Crippen LogP contribution in [-0.4, -0.2) is 13.0 Å². The van der Waals surface area contributed by atoms with Gasteiger partial charge in [0.05, 0.1) is 31.7 Å². The molecule has 0 unspecified atom stereocenters. The van der Waals surface area contributed by atoms with Crippen molar-refractivity contribution in [1.82, 2.24) is 0 Å². The van der Waals surface area contributed by atoms with Gasteiger partial charge in [-0.25, -0.2) is 4.18 Å². The molecule has 0 atom stereocenters. The number of benzene rings is 1. The number of halogens is 5. The predicted octanol–water partition coefficient (Wildman–Crippen LogP) is 4.27. The smallest absolute Gasteiger partial charge is 0.264 e. The van der Waals surface area contributed by atoms with Crippen LogP contribution in [0.5, 0.6) is 0 Å². The Morgan fingerprint density at radius 3 is 1.59 bits per heavy atom. The van der Waals surface area contributed by atoms with Crippen molar-refractivity contribution in [2.75, 3.05) is 0 Å². The summed E-state index contributed by atoms with van der Waals surface area (Å²) in [6.07, 6.45) is 0. The highest BCUT2D eigenvalue weighted by Gasteiger charge is 2.20. The van der Waals surface area contributed by atoms with E-state index in [0.29, 0.717) is 0 Å². The fraction of sp³-hybridized carbons (Fsp3) is 0.143. The molecule has 1 aromatic carbocycles. The van der Waals surface area contributed by atoms with Crippen LogP contribution < -0.4 is 0 Å². The highest BCUT2D eigenvalue weighted by atomic mass is 35.5. The molecule has 1 N–H and O–H groups in total. The van der Waals surface area contributed by atoms with E-state index in [1.165, 1.54) is 0 Å². The molecule has 0 fully saturated rings. The highest BCUT2D eigenvalue weighted by Crippen LogP contribution is 2.44. The van der Waals surface area contributed by atoms with Crippen LogP contribution >= 0.6 is 58.0 Å². The maximum Gasteiger partial charge on any atom is 0.397 e. The lowest BCUT2D eigenvalue weighted by Gasteiger charge is -2.11. The molecule has 0 amide bonds. The van der Waals surface area contributed by atoms with E-state index in [-0.39, 0.29) is 30.7 Å². The second kappa shape index (κ2) is 5.67. The molecule has 1 rings (SSSR count). The van der Waals surface area contributed by atoms with Crippen molar-refractivity contribution in [2.45, 2.75) is 6.61 Å². The molecule has 0 bridgehead atoms. The third kappa shape index (κ3) is 3.75. The fourth-order valence-corrected chi connectivity index (χ4v) is 2.46. The predicted molar refractivity (Wildman–Crippen MR) is 67.8 cm³/mol. The third-order valence-electron chi connectivity index (χ3n) is 1.65. The standard InChI is InChI=1S/C7H3Cl5O4S/c8-3-2(1-16-17(13,14)15)4(9)6(11)7(12)5(3)10/h1H2,(H,13,14,15). The van der Waals surface area contributed by atoms with Gasteiger partial charge in [-0.15, -0.1) is 0 Å². The Morgan fingerprint density at radius 1 is 0.882 bits per heavy atom. The minimum Gasteiger partial charge on any atom is -0.264 e. The first-order chi connectivity index (χ1) is 7.65. The molecule has 0 aliphatic heterocycles. The topological polar surface area (TPSA) is 63.6 Å². The van der Waals surface area contributed by atoms with Crippen LogP contribution in [-0.2, 0) is 21.2 Å². The monoisotopic (exact) mass is 358 g/mol. The molecular formula is C7H3Cl5O4S. The number of hydrogen-bond donors (Lipinski definition) is 1. The molecule has 0 saturated carbocycles. The van der Waals surface area contributed by atoms with Crippen LogP contribution in [0, 0.1) is 0 Å². The van der Waals surface area contributed by atoms with Gasteiger partial charge in [0.25, 0.3) is 0 Å². The lowest BCUT2D eigenvalue weighted by Crippen LogP contribution is -2.04. The Kier molecular flexibility index (Phi) is 5.20. The Balaban J connectivity index is 3.25. The summed E-state index contributed by atoms with van der Waals surface area (Å²) in [5.41, 5.74) is 0.00496. The maximum absolute atomic E-state index is 10.4. The van der Waals surface area contributed by atoms with Crippen LogP contribution in [0.4, 0.5) is 0 Å². The van der Waals surface area contributed by atoms with Gasteiger partial charge in [0.2, 0.25) is 0 Å². The van der Waals surface area contributed by atoms with Crippen LogP contribution in [0.3, 0.4) is 0 Å². The van der Waals surface area contributed by atoms with E-state index in [9.17, 15) is 8.42 Å². The van der Waals surface area contributed by atoms with Crippen molar-refractivity contribution in [1.29, 1.82) is 0 Å². The van der Waals surface area contributed by atoms with Crippen molar-refractivity contribution >= 4 is 68.4 Å². The molecular weight excluding hydrogens is 357 g/mol. The van der Waals surface area contributed by atoms with Crippen LogP contribution in [0.2, 0.25) is 25.1 Å². The normalized spacial score (nSPS) is 11.9. The van der Waals surface area contributed by atoms with Gasteiger partial charge in [-0.1, -0.05) is 58.0 Å². The van der Waals surface area contributed by atoms with Gasteiger partial charge >= 0.3 is 10.4 Å². The zero-order valence-electron chi connectivity index (χ0n) is 7.68. The second-order valence-electron chi connectivity index (χ2n) is 2.74. The average Bonchev–Trinajstić information content (AvgIpc) is 2.22. The molecule has 0 aliphatic carbocycles. The average molecular weight is 360 g/mol. The van der Waals surface area contributed by atoms with Gasteiger partial charge in [-0.3, -0.25) is 4.55 Å². The summed E-state index contributed by atoms with van der Waals surface area (Å²) in [7, 11) is -4.63. The Morgan fingerprint density at radius 2 is 1.24 bits per heavy atom. The molecule has 10 heteroatoms. The maximum atomic E-state index is 10.4. The summed E-state index contributed by atoms with van der Waals surface area (Å²) in [4.78, 5) is 0. The van der Waals surface area contributed by atoms with Crippen molar-refractivity contribution in [3.8, 4) is 0 Å². The summed E-state index contributed by atoms with van der Waals surface area (Å²) < 4.78 is 33.4.